The summed E-state index contributed by atoms with van der Waals surface area (Å²) in [5, 5.41) is 0.642. The van der Waals surface area contributed by atoms with Gasteiger partial charge in [0.25, 0.3) is 0 Å². The molecule has 0 aliphatic heterocycles. The molecule has 1 aromatic carbocycles. The van der Waals surface area contributed by atoms with E-state index in [2.05, 4.69) is 6.58 Å². The molecule has 0 fully saturated rings. The zero-order valence-electron chi connectivity index (χ0n) is 8.17. The number of carbonyl (C=O) groups excluding carboxylic acids is 1. The highest BCUT2D eigenvalue weighted by Gasteiger charge is 2.37. The Morgan fingerprint density at radius 2 is 1.87 bits per heavy atom. The molecule has 0 atom stereocenters. The number of benzene rings is 1. The standard InChI is InChI=1S/C10H10Cl2O2Si/c1-8(2)10(13)14-15(11,12)9-6-4-3-5-7-9/h3-7H,1H2,2H3. The molecule has 2 nitrogen and oxygen atoms in total. The first-order valence-electron chi connectivity index (χ1n) is 4.25. The molecule has 0 saturated heterocycles. The highest BCUT2D eigenvalue weighted by Crippen LogP contribution is 2.17. The molecule has 80 valence electrons. The Balaban J connectivity index is 2.85. The molecule has 0 bridgehead atoms. The molecule has 0 spiro atoms. The number of hydrogen-bond donors (Lipinski definition) is 0. The Morgan fingerprint density at radius 3 is 2.33 bits per heavy atom. The molecular weight excluding hydrogens is 251 g/mol. The molecule has 0 amide bonds. The van der Waals surface area contributed by atoms with Crippen LogP contribution in [0.2, 0.25) is 0 Å². The minimum Gasteiger partial charge on any atom is -0.485 e. The van der Waals surface area contributed by atoms with Crippen LogP contribution in [0.25, 0.3) is 0 Å². The van der Waals surface area contributed by atoms with Crippen LogP contribution in [0.3, 0.4) is 0 Å². The van der Waals surface area contributed by atoms with Gasteiger partial charge in [0.05, 0.1) is 0 Å². The average Bonchev–Trinajstić information content (AvgIpc) is 2.18. The van der Waals surface area contributed by atoms with Gasteiger partial charge in [-0.3, -0.25) is 0 Å². The number of hydrogen-bond acceptors (Lipinski definition) is 2. The van der Waals surface area contributed by atoms with Gasteiger partial charge in [0.2, 0.25) is 0 Å². The Morgan fingerprint density at radius 1 is 1.33 bits per heavy atom. The lowest BCUT2D eigenvalue weighted by molar-refractivity contribution is -0.130. The molecule has 0 saturated carbocycles. The zero-order valence-corrected chi connectivity index (χ0v) is 10.7. The van der Waals surface area contributed by atoms with Crippen molar-refractivity contribution in [3.05, 3.63) is 42.5 Å². The van der Waals surface area contributed by atoms with Crippen LogP contribution in [-0.4, -0.2) is 12.9 Å². The van der Waals surface area contributed by atoms with Gasteiger partial charge in [-0.15, -0.1) is 0 Å². The Kier molecular flexibility index (Phi) is 3.96. The smallest absolute Gasteiger partial charge is 0.485 e. The molecule has 1 aromatic rings. The quantitative estimate of drug-likeness (QED) is 0.474. The third-order valence-corrected chi connectivity index (χ3v) is 4.90. The normalized spacial score (nSPS) is 10.9. The SMILES string of the molecule is C=C(C)C(=O)O[Si](Cl)(Cl)c1ccccc1. The summed E-state index contributed by atoms with van der Waals surface area (Å²) in [4.78, 5) is 11.3. The molecular formula is C10H10Cl2O2Si. The van der Waals surface area contributed by atoms with E-state index in [4.69, 9.17) is 26.6 Å². The van der Waals surface area contributed by atoms with E-state index in [-0.39, 0.29) is 5.57 Å². The van der Waals surface area contributed by atoms with Gasteiger partial charge in [-0.05, 0) is 6.92 Å². The molecule has 0 aliphatic rings. The van der Waals surface area contributed by atoms with Crippen LogP contribution in [0.4, 0.5) is 0 Å². The van der Waals surface area contributed by atoms with Gasteiger partial charge in [-0.1, -0.05) is 59.1 Å². The van der Waals surface area contributed by atoms with Gasteiger partial charge >= 0.3 is 12.9 Å². The van der Waals surface area contributed by atoms with Crippen LogP contribution in [0.1, 0.15) is 6.92 Å². The first-order valence-corrected chi connectivity index (χ1v) is 8.19. The van der Waals surface area contributed by atoms with E-state index in [1.807, 2.05) is 6.07 Å². The third-order valence-electron chi connectivity index (χ3n) is 1.68. The lowest BCUT2D eigenvalue weighted by atomic mass is 10.4. The van der Waals surface area contributed by atoms with Gasteiger partial charge in [-0.2, -0.15) is 0 Å². The fourth-order valence-electron chi connectivity index (χ4n) is 0.895. The summed E-state index contributed by atoms with van der Waals surface area (Å²) >= 11 is 12.0. The van der Waals surface area contributed by atoms with E-state index >= 15 is 0 Å². The molecule has 0 radical (unpaired) electrons. The van der Waals surface area contributed by atoms with Crippen molar-refractivity contribution < 1.29 is 9.22 Å². The topological polar surface area (TPSA) is 26.3 Å². The predicted octanol–water partition coefficient (Wildman–Crippen LogP) is 2.43. The Hall–Kier alpha value is -0.773. The molecule has 0 aliphatic carbocycles. The molecule has 1 rings (SSSR count). The molecule has 0 aromatic heterocycles. The van der Waals surface area contributed by atoms with Gasteiger partial charge in [-0.25, -0.2) is 4.79 Å². The molecule has 15 heavy (non-hydrogen) atoms. The second-order valence-electron chi connectivity index (χ2n) is 3.05. The van der Waals surface area contributed by atoms with Crippen molar-refractivity contribution in [2.75, 3.05) is 0 Å². The third kappa shape index (κ3) is 3.37. The summed E-state index contributed by atoms with van der Waals surface area (Å²) in [6.45, 7) is 1.84. The minimum atomic E-state index is -3.17. The first-order chi connectivity index (χ1) is 6.93. The lowest BCUT2D eigenvalue weighted by Crippen LogP contribution is -2.41. The van der Waals surface area contributed by atoms with E-state index in [9.17, 15) is 4.79 Å². The van der Waals surface area contributed by atoms with Crippen LogP contribution in [0, 0.1) is 0 Å². The van der Waals surface area contributed by atoms with Gasteiger partial charge in [0.1, 0.15) is 0 Å². The summed E-state index contributed by atoms with van der Waals surface area (Å²) in [7, 11) is 0. The van der Waals surface area contributed by atoms with Gasteiger partial charge < -0.3 is 4.43 Å². The summed E-state index contributed by atoms with van der Waals surface area (Å²) in [6.07, 6.45) is 0. The summed E-state index contributed by atoms with van der Waals surface area (Å²) in [5.41, 5.74) is 0.282. The van der Waals surface area contributed by atoms with Crippen molar-refractivity contribution in [3.8, 4) is 0 Å². The molecule has 0 heterocycles. The minimum absolute atomic E-state index is 0.282. The van der Waals surface area contributed by atoms with Crippen LogP contribution in [0.5, 0.6) is 0 Å². The second-order valence-corrected chi connectivity index (χ2v) is 8.64. The average molecular weight is 261 g/mol. The van der Waals surface area contributed by atoms with Crippen molar-refractivity contribution in [2.45, 2.75) is 6.92 Å². The van der Waals surface area contributed by atoms with Crippen LogP contribution >= 0.6 is 22.2 Å². The zero-order chi connectivity index (χ0) is 11.5. The van der Waals surface area contributed by atoms with Crippen LogP contribution in [-0.2, 0) is 9.22 Å². The van der Waals surface area contributed by atoms with E-state index in [0.717, 1.165) is 0 Å². The van der Waals surface area contributed by atoms with Crippen molar-refractivity contribution >= 4 is 40.3 Å². The number of halogens is 2. The van der Waals surface area contributed by atoms with Crippen LogP contribution in [0.15, 0.2) is 42.5 Å². The van der Waals surface area contributed by atoms with E-state index in [1.54, 1.807) is 31.2 Å². The maximum absolute atomic E-state index is 11.3. The highest BCUT2D eigenvalue weighted by atomic mass is 35.7. The van der Waals surface area contributed by atoms with Crippen molar-refractivity contribution in [1.29, 1.82) is 0 Å². The van der Waals surface area contributed by atoms with Gasteiger partial charge in [0, 0.05) is 10.8 Å². The predicted molar refractivity (Wildman–Crippen MR) is 64.4 cm³/mol. The maximum Gasteiger partial charge on any atom is 0.486 e. The molecule has 0 unspecified atom stereocenters. The van der Waals surface area contributed by atoms with Gasteiger partial charge in [0.15, 0.2) is 0 Å². The summed E-state index contributed by atoms with van der Waals surface area (Å²) < 4.78 is 5.02. The highest BCUT2D eigenvalue weighted by molar-refractivity contribution is 7.48. The van der Waals surface area contributed by atoms with E-state index in [1.165, 1.54) is 0 Å². The number of rotatable bonds is 3. The fourth-order valence-corrected chi connectivity index (χ4v) is 3.18. The van der Waals surface area contributed by atoms with Crippen molar-refractivity contribution in [3.63, 3.8) is 0 Å². The first kappa shape index (κ1) is 12.3. The monoisotopic (exact) mass is 260 g/mol. The Bertz CT molecular complexity index is 376. The van der Waals surface area contributed by atoms with Crippen molar-refractivity contribution in [1.82, 2.24) is 0 Å². The lowest BCUT2D eigenvalue weighted by Gasteiger charge is -2.17. The van der Waals surface area contributed by atoms with Crippen molar-refractivity contribution in [2.24, 2.45) is 0 Å². The van der Waals surface area contributed by atoms with Crippen LogP contribution < -0.4 is 5.19 Å². The largest absolute Gasteiger partial charge is 0.486 e. The molecule has 5 heteroatoms. The summed E-state index contributed by atoms with van der Waals surface area (Å²) in [6, 6.07) is 8.88. The van der Waals surface area contributed by atoms with E-state index in [0.29, 0.717) is 5.19 Å². The molecule has 0 N–H and O–H groups in total. The Labute approximate surface area is 99.0 Å². The number of carbonyl (C=O) groups is 1. The second kappa shape index (κ2) is 4.83. The maximum atomic E-state index is 11.3. The summed E-state index contributed by atoms with van der Waals surface area (Å²) in [5.74, 6) is -0.560. The van der Waals surface area contributed by atoms with E-state index < -0.39 is 12.9 Å². The fraction of sp³-hybridized carbons (Fsp3) is 0.100.